The number of hydrogen-bond acceptors (Lipinski definition) is 6. The van der Waals surface area contributed by atoms with Crippen molar-refractivity contribution in [2.75, 3.05) is 32.9 Å². The third-order valence-electron chi connectivity index (χ3n) is 5.10. The van der Waals surface area contributed by atoms with Crippen LogP contribution in [-0.2, 0) is 17.7 Å². The van der Waals surface area contributed by atoms with Gasteiger partial charge in [0.2, 0.25) is 5.89 Å². The van der Waals surface area contributed by atoms with E-state index in [1.165, 1.54) is 5.56 Å². The molecule has 0 amide bonds. The third-order valence-corrected chi connectivity index (χ3v) is 5.10. The molecule has 0 spiro atoms. The van der Waals surface area contributed by atoms with Crippen LogP contribution >= 0.6 is 0 Å². The fourth-order valence-corrected chi connectivity index (χ4v) is 3.25. The minimum absolute atomic E-state index is 0.261. The molecule has 1 saturated heterocycles. The Morgan fingerprint density at radius 3 is 2.90 bits per heavy atom. The van der Waals surface area contributed by atoms with Crippen molar-refractivity contribution in [3.05, 3.63) is 41.0 Å². The molecule has 3 rings (SSSR count). The van der Waals surface area contributed by atoms with E-state index < -0.39 is 0 Å². The highest BCUT2D eigenvalue weighted by molar-refractivity contribution is 5.79. The van der Waals surface area contributed by atoms with E-state index in [1.54, 1.807) is 0 Å². The van der Waals surface area contributed by atoms with Crippen molar-refractivity contribution < 1.29 is 14.0 Å². The Balaban J connectivity index is 1.57. The van der Waals surface area contributed by atoms with E-state index in [9.17, 15) is 0 Å². The van der Waals surface area contributed by atoms with Crippen molar-refractivity contribution in [3.8, 4) is 5.75 Å². The summed E-state index contributed by atoms with van der Waals surface area (Å²) in [5, 5.41) is 10.6. The smallest absolute Gasteiger partial charge is 0.228 e. The molecule has 0 radical (unpaired) electrons. The van der Waals surface area contributed by atoms with Gasteiger partial charge in [0.05, 0.1) is 19.8 Å². The lowest BCUT2D eigenvalue weighted by Gasteiger charge is -2.15. The van der Waals surface area contributed by atoms with Crippen LogP contribution in [0.5, 0.6) is 5.75 Å². The first-order valence-corrected chi connectivity index (χ1v) is 11.2. The van der Waals surface area contributed by atoms with Crippen LogP contribution in [0.2, 0.25) is 0 Å². The molecular formula is C23H35N5O3. The van der Waals surface area contributed by atoms with E-state index in [1.807, 2.05) is 20.8 Å². The molecule has 1 atom stereocenters. The normalized spacial score (nSPS) is 16.7. The van der Waals surface area contributed by atoms with Gasteiger partial charge in [-0.2, -0.15) is 4.98 Å². The second kappa shape index (κ2) is 11.7. The Morgan fingerprint density at radius 2 is 2.19 bits per heavy atom. The number of aliphatic imine (C=N–C) groups is 1. The zero-order valence-electron chi connectivity index (χ0n) is 19.1. The van der Waals surface area contributed by atoms with Gasteiger partial charge >= 0.3 is 0 Å². The Kier molecular flexibility index (Phi) is 8.70. The molecule has 8 heteroatoms. The van der Waals surface area contributed by atoms with Crippen molar-refractivity contribution in [2.24, 2.45) is 10.9 Å². The van der Waals surface area contributed by atoms with Gasteiger partial charge in [0.1, 0.15) is 5.75 Å². The maximum atomic E-state index is 6.14. The molecule has 0 saturated carbocycles. The van der Waals surface area contributed by atoms with Crippen LogP contribution in [0.25, 0.3) is 0 Å². The lowest BCUT2D eigenvalue weighted by Crippen LogP contribution is -2.38. The number of nitrogens with one attached hydrogen (secondary N) is 2. The van der Waals surface area contributed by atoms with E-state index in [0.29, 0.717) is 37.9 Å². The van der Waals surface area contributed by atoms with Gasteiger partial charge in [0.25, 0.3) is 0 Å². The van der Waals surface area contributed by atoms with Gasteiger partial charge in [-0.25, -0.2) is 4.99 Å². The van der Waals surface area contributed by atoms with E-state index in [0.717, 1.165) is 49.3 Å². The van der Waals surface area contributed by atoms with Crippen molar-refractivity contribution in [3.63, 3.8) is 0 Å². The Hall–Kier alpha value is -2.61. The molecule has 1 unspecified atom stereocenters. The summed E-state index contributed by atoms with van der Waals surface area (Å²) in [5.74, 6) is 3.76. The maximum Gasteiger partial charge on any atom is 0.228 e. The first-order valence-electron chi connectivity index (χ1n) is 11.2. The molecule has 2 heterocycles. The number of aromatic nitrogens is 2. The second-order valence-corrected chi connectivity index (χ2v) is 8.22. The molecule has 2 N–H and O–H groups in total. The molecule has 31 heavy (non-hydrogen) atoms. The summed E-state index contributed by atoms with van der Waals surface area (Å²) < 4.78 is 16.9. The number of benzene rings is 1. The molecule has 0 bridgehead atoms. The van der Waals surface area contributed by atoms with Crippen LogP contribution in [0.3, 0.4) is 0 Å². The summed E-state index contributed by atoms with van der Waals surface area (Å²) >= 11 is 0. The number of aryl methyl sites for hydroxylation is 1. The summed E-state index contributed by atoms with van der Waals surface area (Å²) in [7, 11) is 0. The van der Waals surface area contributed by atoms with Gasteiger partial charge in [0, 0.05) is 43.5 Å². The van der Waals surface area contributed by atoms with Crippen LogP contribution in [0.1, 0.15) is 56.0 Å². The van der Waals surface area contributed by atoms with Gasteiger partial charge in [-0.05, 0) is 31.9 Å². The van der Waals surface area contributed by atoms with Crippen molar-refractivity contribution in [1.29, 1.82) is 0 Å². The number of hydrogen-bond donors (Lipinski definition) is 2. The fourth-order valence-electron chi connectivity index (χ4n) is 3.25. The average Bonchev–Trinajstić information content (AvgIpc) is 3.43. The first-order chi connectivity index (χ1) is 15.0. The average molecular weight is 430 g/mol. The lowest BCUT2D eigenvalue weighted by atomic mass is 10.1. The highest BCUT2D eigenvalue weighted by atomic mass is 16.5. The number of ether oxygens (including phenoxy) is 2. The van der Waals surface area contributed by atoms with E-state index >= 15 is 0 Å². The molecule has 170 valence electrons. The zero-order valence-corrected chi connectivity index (χ0v) is 19.1. The molecule has 0 aliphatic carbocycles. The quantitative estimate of drug-likeness (QED) is 0.442. The topological polar surface area (TPSA) is 93.8 Å². The molecule has 1 aromatic heterocycles. The van der Waals surface area contributed by atoms with Gasteiger partial charge in [0.15, 0.2) is 11.8 Å². The van der Waals surface area contributed by atoms with Gasteiger partial charge in [-0.15, -0.1) is 0 Å². The molecule has 1 aliphatic rings. The highest BCUT2D eigenvalue weighted by Crippen LogP contribution is 2.23. The summed E-state index contributed by atoms with van der Waals surface area (Å²) in [6.45, 7) is 12.5. The second-order valence-electron chi connectivity index (χ2n) is 8.22. The van der Waals surface area contributed by atoms with Crippen LogP contribution in [0.15, 0.2) is 27.7 Å². The van der Waals surface area contributed by atoms with Crippen LogP contribution in [-0.4, -0.2) is 49.0 Å². The number of guanidine groups is 1. The monoisotopic (exact) mass is 429 g/mol. The van der Waals surface area contributed by atoms with Crippen LogP contribution in [0, 0.1) is 12.8 Å². The Morgan fingerprint density at radius 1 is 1.32 bits per heavy atom. The van der Waals surface area contributed by atoms with Gasteiger partial charge < -0.3 is 24.6 Å². The first kappa shape index (κ1) is 23.1. The van der Waals surface area contributed by atoms with E-state index in [4.69, 9.17) is 19.0 Å². The van der Waals surface area contributed by atoms with Crippen LogP contribution < -0.4 is 15.4 Å². The van der Waals surface area contributed by atoms with Crippen molar-refractivity contribution in [2.45, 2.75) is 53.0 Å². The summed E-state index contributed by atoms with van der Waals surface area (Å²) in [6.07, 6.45) is 1.71. The zero-order chi connectivity index (χ0) is 22.1. The van der Waals surface area contributed by atoms with E-state index in [-0.39, 0.29) is 5.92 Å². The summed E-state index contributed by atoms with van der Waals surface area (Å²) in [6, 6.07) is 6.27. The fraction of sp³-hybridized carbons (Fsp3) is 0.609. The van der Waals surface area contributed by atoms with Crippen LogP contribution in [0.4, 0.5) is 0 Å². The maximum absolute atomic E-state index is 6.14. The van der Waals surface area contributed by atoms with Gasteiger partial charge in [-0.1, -0.05) is 31.1 Å². The van der Waals surface area contributed by atoms with Crippen molar-refractivity contribution >= 4 is 5.96 Å². The Labute approximate surface area is 184 Å². The minimum Gasteiger partial charge on any atom is -0.493 e. The molecular weight excluding hydrogens is 394 g/mol. The number of nitrogens with zero attached hydrogens (tertiary/aromatic N) is 3. The molecule has 1 fully saturated rings. The largest absolute Gasteiger partial charge is 0.493 e. The van der Waals surface area contributed by atoms with E-state index in [2.05, 4.69) is 45.9 Å². The predicted molar refractivity (Wildman–Crippen MR) is 121 cm³/mol. The van der Waals surface area contributed by atoms with Crippen molar-refractivity contribution in [1.82, 2.24) is 20.8 Å². The summed E-state index contributed by atoms with van der Waals surface area (Å²) in [5.41, 5.74) is 2.25. The molecule has 2 aromatic rings. The number of rotatable bonds is 10. The minimum atomic E-state index is 0.261. The highest BCUT2D eigenvalue weighted by Gasteiger charge is 2.17. The SMILES string of the molecule is CCNC(=NCc1ccc(C)cc1OCC1CCOC1)NCCc1nc(C(C)C)no1. The molecule has 1 aromatic carbocycles. The third kappa shape index (κ3) is 7.24. The lowest BCUT2D eigenvalue weighted by molar-refractivity contribution is 0.166. The molecule has 8 nitrogen and oxygen atoms in total. The Bertz CT molecular complexity index is 843. The molecule has 1 aliphatic heterocycles. The summed E-state index contributed by atoms with van der Waals surface area (Å²) in [4.78, 5) is 9.16. The standard InChI is InChI=1S/C23H35N5O3/c1-5-24-23(25-10-8-21-27-22(16(2)3)28-31-21)26-13-19-7-6-17(4)12-20(19)30-15-18-9-11-29-14-18/h6-7,12,16,18H,5,8-11,13-15H2,1-4H3,(H2,24,25,26). The van der Waals surface area contributed by atoms with Gasteiger partial charge in [-0.3, -0.25) is 0 Å². The predicted octanol–water partition coefficient (Wildman–Crippen LogP) is 3.21.